The smallest absolute Gasteiger partial charge is 0.263 e. The minimum Gasteiger partial charge on any atom is -0.366 e. The van der Waals surface area contributed by atoms with E-state index in [0.717, 1.165) is 35.6 Å². The number of rotatable bonds is 8. The first-order valence-electron chi connectivity index (χ1n) is 8.66. The Bertz CT molecular complexity index is 1180. The molecule has 156 valence electrons. The molecule has 30 heavy (non-hydrogen) atoms. The second-order valence-corrected chi connectivity index (χ2v) is 8.70. The number of hydrogen-bond acceptors (Lipinski definition) is 6. The number of sulfonamides is 1. The van der Waals surface area contributed by atoms with E-state index in [1.54, 1.807) is 23.6 Å². The van der Waals surface area contributed by atoms with Crippen LogP contribution in [0.25, 0.3) is 0 Å². The highest BCUT2D eigenvalue weighted by atomic mass is 32.2. The second-order valence-electron chi connectivity index (χ2n) is 6.16. The maximum absolute atomic E-state index is 13.0. The number of carbonyl (C=O) groups is 2. The number of aromatic nitrogens is 1. The van der Waals surface area contributed by atoms with Gasteiger partial charge in [-0.2, -0.15) is 0 Å². The fourth-order valence-corrected chi connectivity index (χ4v) is 4.52. The highest BCUT2D eigenvalue weighted by molar-refractivity contribution is 7.93. The zero-order valence-corrected chi connectivity index (χ0v) is 17.1. The number of amides is 2. The number of benzene rings is 2. The van der Waals surface area contributed by atoms with Gasteiger partial charge >= 0.3 is 0 Å². The molecule has 11 heteroatoms. The van der Waals surface area contributed by atoms with Crippen LogP contribution >= 0.6 is 11.3 Å². The molecule has 0 atom stereocenters. The van der Waals surface area contributed by atoms with Crippen molar-refractivity contribution in [3.63, 3.8) is 0 Å². The molecule has 0 aliphatic heterocycles. The Morgan fingerprint density at radius 3 is 2.50 bits per heavy atom. The first kappa shape index (κ1) is 21.4. The van der Waals surface area contributed by atoms with Crippen LogP contribution in [0.2, 0.25) is 0 Å². The second kappa shape index (κ2) is 9.01. The highest BCUT2D eigenvalue weighted by Gasteiger charge is 2.17. The lowest BCUT2D eigenvalue weighted by Gasteiger charge is -2.08. The van der Waals surface area contributed by atoms with Gasteiger partial charge in [0, 0.05) is 11.8 Å². The van der Waals surface area contributed by atoms with Crippen molar-refractivity contribution in [2.24, 2.45) is 5.73 Å². The number of nitrogens with one attached hydrogen (secondary N) is 2. The molecule has 8 nitrogen and oxygen atoms in total. The van der Waals surface area contributed by atoms with Gasteiger partial charge in [0.1, 0.15) is 5.82 Å². The Morgan fingerprint density at radius 1 is 1.10 bits per heavy atom. The minimum atomic E-state index is -3.89. The third-order valence-electron chi connectivity index (χ3n) is 3.97. The van der Waals surface area contributed by atoms with Crippen molar-refractivity contribution in [3.05, 3.63) is 71.0 Å². The molecule has 0 aliphatic rings. The van der Waals surface area contributed by atoms with Gasteiger partial charge in [0.15, 0.2) is 5.13 Å². The van der Waals surface area contributed by atoms with E-state index in [4.69, 9.17) is 5.73 Å². The van der Waals surface area contributed by atoms with Crippen LogP contribution in [0.3, 0.4) is 0 Å². The van der Waals surface area contributed by atoms with Crippen LogP contribution in [0.5, 0.6) is 0 Å². The lowest BCUT2D eigenvalue weighted by molar-refractivity contribution is -0.116. The molecule has 4 N–H and O–H groups in total. The van der Waals surface area contributed by atoms with Gasteiger partial charge in [0.2, 0.25) is 5.91 Å². The lowest BCUT2D eigenvalue weighted by atomic mass is 10.1. The molecule has 0 bridgehead atoms. The Kier molecular flexibility index (Phi) is 6.43. The topological polar surface area (TPSA) is 131 Å². The van der Waals surface area contributed by atoms with Crippen LogP contribution < -0.4 is 15.8 Å². The SMILES string of the molecule is NC(=O)c1ccccc1NC(=O)CCc1csc(NS(=O)(=O)c2ccc(F)cc2)n1. The third-order valence-corrected chi connectivity index (χ3v) is 6.26. The molecule has 1 heterocycles. The average molecular weight is 449 g/mol. The summed E-state index contributed by atoms with van der Waals surface area (Å²) in [7, 11) is -3.89. The van der Waals surface area contributed by atoms with Gasteiger partial charge in [-0.3, -0.25) is 14.3 Å². The first-order valence-corrected chi connectivity index (χ1v) is 11.0. The van der Waals surface area contributed by atoms with Crippen LogP contribution in [0.4, 0.5) is 15.2 Å². The third kappa shape index (κ3) is 5.39. The number of primary amides is 1. The molecule has 3 rings (SSSR count). The molecule has 0 saturated carbocycles. The number of para-hydroxylation sites is 1. The van der Waals surface area contributed by atoms with E-state index in [0.29, 0.717) is 11.4 Å². The molecule has 0 aliphatic carbocycles. The fraction of sp³-hybridized carbons (Fsp3) is 0.105. The maximum atomic E-state index is 13.0. The summed E-state index contributed by atoms with van der Waals surface area (Å²) in [5.41, 5.74) is 6.33. The summed E-state index contributed by atoms with van der Waals surface area (Å²) in [6, 6.07) is 10.8. The Morgan fingerprint density at radius 2 is 1.80 bits per heavy atom. The van der Waals surface area contributed by atoms with Crippen LogP contribution in [-0.4, -0.2) is 25.2 Å². The number of thiazole rings is 1. The van der Waals surface area contributed by atoms with Crippen molar-refractivity contribution in [1.82, 2.24) is 4.98 Å². The Balaban J connectivity index is 1.59. The predicted molar refractivity (Wildman–Crippen MR) is 111 cm³/mol. The van der Waals surface area contributed by atoms with Crippen molar-refractivity contribution in [2.45, 2.75) is 17.7 Å². The van der Waals surface area contributed by atoms with Crippen molar-refractivity contribution in [2.75, 3.05) is 10.0 Å². The summed E-state index contributed by atoms with van der Waals surface area (Å²) >= 11 is 1.07. The molecule has 1 aromatic heterocycles. The largest absolute Gasteiger partial charge is 0.366 e. The van der Waals surface area contributed by atoms with E-state index in [1.807, 2.05) is 0 Å². The van der Waals surface area contributed by atoms with Gasteiger partial charge in [0.25, 0.3) is 15.9 Å². The summed E-state index contributed by atoms with van der Waals surface area (Å²) in [5.74, 6) is -1.53. The number of nitrogens with zero attached hydrogens (tertiary/aromatic N) is 1. The number of carbonyl (C=O) groups excluding carboxylic acids is 2. The minimum absolute atomic E-state index is 0.0704. The predicted octanol–water partition coefficient (Wildman–Crippen LogP) is 2.75. The standard InChI is InChI=1S/C19H17FN4O4S2/c20-12-5-8-14(9-6-12)30(27,28)24-19-22-13(11-29-19)7-10-17(25)23-16-4-2-1-3-15(16)18(21)26/h1-6,8-9,11H,7,10H2,(H2,21,26)(H,22,24)(H,23,25). The van der Waals surface area contributed by atoms with Crippen LogP contribution in [-0.2, 0) is 21.2 Å². The molecule has 0 spiro atoms. The molecular weight excluding hydrogens is 431 g/mol. The molecule has 0 unspecified atom stereocenters. The fourth-order valence-electron chi connectivity index (χ4n) is 2.52. The van der Waals surface area contributed by atoms with Crippen LogP contribution in [0.15, 0.2) is 58.8 Å². The number of nitrogens with two attached hydrogens (primary N) is 1. The van der Waals surface area contributed by atoms with Crippen molar-refractivity contribution in [1.29, 1.82) is 0 Å². The van der Waals surface area contributed by atoms with Gasteiger partial charge in [-0.05, 0) is 42.8 Å². The highest BCUT2D eigenvalue weighted by Crippen LogP contribution is 2.21. The first-order chi connectivity index (χ1) is 14.2. The summed E-state index contributed by atoms with van der Waals surface area (Å²) in [6.07, 6.45) is 0.334. The summed E-state index contributed by atoms with van der Waals surface area (Å²) in [4.78, 5) is 27.7. The normalized spacial score (nSPS) is 11.1. The van der Waals surface area contributed by atoms with Crippen LogP contribution in [0, 0.1) is 5.82 Å². The molecule has 0 saturated heterocycles. The number of aryl methyl sites for hydroxylation is 1. The van der Waals surface area contributed by atoms with E-state index < -0.39 is 21.7 Å². The zero-order valence-electron chi connectivity index (χ0n) is 15.5. The van der Waals surface area contributed by atoms with E-state index in [2.05, 4.69) is 15.0 Å². The Hall–Kier alpha value is -3.31. The monoisotopic (exact) mass is 448 g/mol. The van der Waals surface area contributed by atoms with Crippen molar-refractivity contribution >= 4 is 44.0 Å². The summed E-state index contributed by atoms with van der Waals surface area (Å²) < 4.78 is 39.9. The molecule has 2 amide bonds. The van der Waals surface area contributed by atoms with Crippen LogP contribution in [0.1, 0.15) is 22.5 Å². The Labute approximate surface area is 176 Å². The van der Waals surface area contributed by atoms with Gasteiger partial charge in [-0.15, -0.1) is 11.3 Å². The van der Waals surface area contributed by atoms with Gasteiger partial charge in [-0.1, -0.05) is 12.1 Å². The van der Waals surface area contributed by atoms with Gasteiger partial charge in [-0.25, -0.2) is 17.8 Å². The number of anilines is 2. The van der Waals surface area contributed by atoms with Gasteiger partial charge in [0.05, 0.1) is 21.8 Å². The summed E-state index contributed by atoms with van der Waals surface area (Å²) in [6.45, 7) is 0. The number of halogens is 1. The molecule has 0 fully saturated rings. The van der Waals surface area contributed by atoms with E-state index >= 15 is 0 Å². The van der Waals surface area contributed by atoms with E-state index in [-0.39, 0.29) is 34.3 Å². The zero-order chi connectivity index (χ0) is 21.7. The van der Waals surface area contributed by atoms with Crippen molar-refractivity contribution in [3.8, 4) is 0 Å². The van der Waals surface area contributed by atoms with Gasteiger partial charge < -0.3 is 11.1 Å². The molecular formula is C19H17FN4O4S2. The lowest BCUT2D eigenvalue weighted by Crippen LogP contribution is -2.18. The molecule has 2 aromatic carbocycles. The van der Waals surface area contributed by atoms with Crippen molar-refractivity contribution < 1.29 is 22.4 Å². The maximum Gasteiger partial charge on any atom is 0.263 e. The quantitative estimate of drug-likeness (QED) is 0.488. The van der Waals surface area contributed by atoms with E-state index in [9.17, 15) is 22.4 Å². The average Bonchev–Trinajstić information content (AvgIpc) is 3.13. The van der Waals surface area contributed by atoms with E-state index in [1.165, 1.54) is 6.07 Å². The number of hydrogen-bond donors (Lipinski definition) is 3. The molecule has 3 aromatic rings. The summed E-state index contributed by atoms with van der Waals surface area (Å²) in [5, 5.41) is 4.39. The molecule has 0 radical (unpaired) electrons.